The van der Waals surface area contributed by atoms with E-state index in [-0.39, 0.29) is 77.2 Å². The molecule has 492 valence electrons. The molecule has 0 aromatic heterocycles. The van der Waals surface area contributed by atoms with Gasteiger partial charge in [-0.1, -0.05) is 40.7 Å². The molecule has 2 saturated heterocycles. The minimum atomic E-state index is -5.05. The number of benzene rings is 1. The van der Waals surface area contributed by atoms with Crippen LogP contribution in [-0.4, -0.2) is 135 Å². The molecule has 7 aliphatic heterocycles. The van der Waals surface area contributed by atoms with Crippen LogP contribution in [0.3, 0.4) is 0 Å². The summed E-state index contributed by atoms with van der Waals surface area (Å²) in [5.74, 6) is -7.71. The van der Waals surface area contributed by atoms with E-state index in [1.54, 1.807) is 6.21 Å². The number of allylic oxidation sites excluding steroid dienone is 6. The second-order valence-electron chi connectivity index (χ2n) is 27.4. The number of aliphatic hydroxyl groups is 2. The lowest BCUT2D eigenvalue weighted by Crippen LogP contribution is -2.56. The van der Waals surface area contributed by atoms with Gasteiger partial charge in [0.1, 0.15) is 18.3 Å². The Hall–Kier alpha value is -6.80. The number of carbonyl (C=O) groups is 7. The van der Waals surface area contributed by atoms with E-state index in [1.807, 2.05) is 87.4 Å². The molecule has 0 radical (unpaired) electrons. The number of hydrogen-bond donors (Lipinski definition) is 11. The van der Waals surface area contributed by atoms with Gasteiger partial charge < -0.3 is 64.9 Å². The van der Waals surface area contributed by atoms with Gasteiger partial charge in [-0.15, -0.1) is 0 Å². The fourth-order valence-electron chi connectivity index (χ4n) is 15.8. The Balaban J connectivity index is 1.19. The zero-order valence-electron chi connectivity index (χ0n) is 53.4. The van der Waals surface area contributed by atoms with Crippen LogP contribution in [0.25, 0.3) is 0 Å². The first-order chi connectivity index (χ1) is 41.8. The lowest BCUT2D eigenvalue weighted by molar-refractivity contribution is -0.124. The standard InChI is InChI=1S/C63H91N12O14P/c1-29-20-34-35(27-70-40(34)21-30(29)2)54-53(84)55(42(28-76)87-54)89-90(85,86)88-31(3)26-71-50(83)18-19-60(8)39(22-47(67)80)58-63(11)62(10,25-49(69)82)38(14-17-46(66)79)52(75-63)33(5)57-61(9,24-48(68)81)36(12-15-44(64)77)41(72-57)23-43-59(6,7)37(13-16-45(65)78)51(73-43)32(4)56(60)74-58/h20-21,23,27,31,35-39,42,53-55,58,72,76,84H,12-19,22,24-26,28H2,1-11H3,(H2,64,77)(H2,65,78)(H2,66,79)(H2,67,80)(H2,68,81)(H2,69,82)(H,71,83)(H,85,86)/b41-23-,51-32-,57-33?. The van der Waals surface area contributed by atoms with Gasteiger partial charge in [0.2, 0.25) is 41.4 Å². The molecule has 2 fully saturated rings. The number of fused-ring (bicyclic) bond motifs is 7. The highest BCUT2D eigenvalue weighted by Gasteiger charge is 2.66. The number of hydrogen-bond acceptors (Lipinski definition) is 18. The first-order valence-electron chi connectivity index (χ1n) is 30.8. The molecule has 27 heteroatoms. The molecule has 0 spiro atoms. The van der Waals surface area contributed by atoms with Crippen LogP contribution in [0.1, 0.15) is 156 Å². The number of amides is 7. The van der Waals surface area contributed by atoms with E-state index >= 15 is 0 Å². The Morgan fingerprint density at radius 3 is 1.98 bits per heavy atom. The molecule has 0 saturated carbocycles. The molecular weight excluding hydrogens is 1180 g/mol. The summed E-state index contributed by atoms with van der Waals surface area (Å²) in [6, 6.07) is 2.81. The highest BCUT2D eigenvalue weighted by molar-refractivity contribution is 7.47. The third-order valence-corrected chi connectivity index (χ3v) is 22.1. The van der Waals surface area contributed by atoms with Gasteiger partial charge in [0.15, 0.2) is 0 Å². The number of ether oxygens (including phenoxy) is 1. The van der Waals surface area contributed by atoms with Crippen LogP contribution in [0.15, 0.2) is 66.4 Å². The molecule has 16 atom stereocenters. The number of aryl methyl sites for hydroxylation is 2. The number of aliphatic hydroxyl groups excluding tert-OH is 2. The molecule has 16 unspecified atom stereocenters. The minimum Gasteiger partial charge on any atom is -0.394 e. The molecule has 7 amide bonds. The third kappa shape index (κ3) is 13.0. The Morgan fingerprint density at radius 1 is 0.789 bits per heavy atom. The highest BCUT2D eigenvalue weighted by atomic mass is 31.2. The normalized spacial score (nSPS) is 34.6. The van der Waals surface area contributed by atoms with Crippen molar-refractivity contribution in [2.75, 3.05) is 13.2 Å². The monoisotopic (exact) mass is 1270 g/mol. The highest BCUT2D eigenvalue weighted by Crippen LogP contribution is 2.63. The largest absolute Gasteiger partial charge is 0.472 e. The van der Waals surface area contributed by atoms with Gasteiger partial charge in [-0.2, -0.15) is 0 Å². The van der Waals surface area contributed by atoms with Crippen LogP contribution >= 0.6 is 7.82 Å². The van der Waals surface area contributed by atoms with Crippen LogP contribution < -0.4 is 45.0 Å². The molecule has 1 aromatic rings. The molecule has 0 aliphatic carbocycles. The molecule has 26 nitrogen and oxygen atoms in total. The fourth-order valence-corrected chi connectivity index (χ4v) is 16.9. The Kier molecular flexibility index (Phi) is 19.7. The van der Waals surface area contributed by atoms with Crippen LogP contribution in [0.4, 0.5) is 5.69 Å². The van der Waals surface area contributed by atoms with Gasteiger partial charge in [0.25, 0.3) is 0 Å². The number of phosphoric acid groups is 1. The van der Waals surface area contributed by atoms with Crippen molar-refractivity contribution in [1.29, 1.82) is 0 Å². The number of nitrogens with one attached hydrogen (secondary N) is 2. The van der Waals surface area contributed by atoms with Crippen molar-refractivity contribution in [2.45, 2.75) is 195 Å². The van der Waals surface area contributed by atoms with E-state index in [0.29, 0.717) is 51.1 Å². The number of aliphatic imine (C=N–C) groups is 4. The molecular formula is C63H91N12O14P. The lowest BCUT2D eigenvalue weighted by atomic mass is 9.55. The van der Waals surface area contributed by atoms with Crippen LogP contribution in [0.5, 0.6) is 0 Å². The molecule has 90 heavy (non-hydrogen) atoms. The summed E-state index contributed by atoms with van der Waals surface area (Å²) in [6.45, 7) is 19.4. The Bertz CT molecular complexity index is 3430. The maximum atomic E-state index is 14.4. The summed E-state index contributed by atoms with van der Waals surface area (Å²) in [5.41, 5.74) is 37.7. The maximum absolute atomic E-state index is 14.4. The van der Waals surface area contributed by atoms with E-state index in [0.717, 1.165) is 16.7 Å². The summed E-state index contributed by atoms with van der Waals surface area (Å²) in [4.78, 5) is 126. The predicted molar refractivity (Wildman–Crippen MR) is 336 cm³/mol. The molecule has 17 N–H and O–H groups in total. The maximum Gasteiger partial charge on any atom is 0.472 e. The van der Waals surface area contributed by atoms with Crippen molar-refractivity contribution in [1.82, 2.24) is 10.6 Å². The van der Waals surface area contributed by atoms with Crippen molar-refractivity contribution in [3.05, 3.63) is 63.1 Å². The van der Waals surface area contributed by atoms with E-state index in [1.165, 1.54) is 6.92 Å². The van der Waals surface area contributed by atoms with Gasteiger partial charge >= 0.3 is 7.82 Å². The minimum absolute atomic E-state index is 0.00746. The summed E-state index contributed by atoms with van der Waals surface area (Å²) in [6.07, 6.45) is -3.73. The van der Waals surface area contributed by atoms with Crippen LogP contribution in [-0.2, 0) is 51.9 Å². The molecule has 8 rings (SSSR count). The van der Waals surface area contributed by atoms with Crippen molar-refractivity contribution in [3.8, 4) is 0 Å². The number of primary amides is 6. The summed E-state index contributed by atoms with van der Waals surface area (Å²) in [5, 5.41) is 28.3. The first kappa shape index (κ1) is 69.1. The topological polar surface area (TPSA) is 455 Å². The quantitative estimate of drug-likeness (QED) is 0.0592. The van der Waals surface area contributed by atoms with E-state index < -0.39 is 149 Å². The first-order valence-corrected chi connectivity index (χ1v) is 32.3. The number of carbonyl (C=O) groups excluding carboxylic acids is 7. The molecule has 1 aromatic carbocycles. The Labute approximate surface area is 524 Å². The van der Waals surface area contributed by atoms with Crippen molar-refractivity contribution in [2.24, 2.45) is 99.7 Å². The Morgan fingerprint density at radius 2 is 1.39 bits per heavy atom. The zero-order chi connectivity index (χ0) is 66.7. The van der Waals surface area contributed by atoms with Crippen LogP contribution in [0, 0.1) is 59.2 Å². The average Bonchev–Trinajstić information content (AvgIpc) is 1.53. The lowest BCUT2D eigenvalue weighted by Gasteiger charge is -2.48. The predicted octanol–water partition coefficient (Wildman–Crippen LogP) is 3.48. The second-order valence-corrected chi connectivity index (χ2v) is 28.7. The number of phosphoric ester groups is 1. The van der Waals surface area contributed by atoms with Crippen molar-refractivity contribution < 1.29 is 67.0 Å². The number of nitrogens with two attached hydrogens (primary N) is 6. The van der Waals surface area contributed by atoms with E-state index in [9.17, 15) is 53.2 Å². The number of rotatable bonds is 26. The van der Waals surface area contributed by atoms with Crippen molar-refractivity contribution >= 4 is 78.2 Å². The summed E-state index contributed by atoms with van der Waals surface area (Å²) < 4.78 is 30.8. The fraction of sp³-hybridized carbons (Fsp3) is 0.635. The van der Waals surface area contributed by atoms with Gasteiger partial charge in [-0.05, 0) is 107 Å². The van der Waals surface area contributed by atoms with Gasteiger partial charge in [0.05, 0.1) is 42.0 Å². The van der Waals surface area contributed by atoms with Crippen molar-refractivity contribution in [3.63, 3.8) is 0 Å². The van der Waals surface area contributed by atoms with E-state index in [2.05, 4.69) is 15.6 Å². The second kappa shape index (κ2) is 25.7. The third-order valence-electron chi connectivity index (χ3n) is 20.9. The smallest absolute Gasteiger partial charge is 0.394 e. The SMILES string of the molecule is CC1=C2N/C(=C\C3=NC(=C(/C)C4=NC(C(CC(N)=O)C4(C)CCC(=O)NCC(C)OP(=O)(O)OC4C(CO)OC(C5C=Nc6cc(C)c(C)cc65)C4O)C4(C)N=C1C(CCC(N)=O)C4(C)CC(N)=O)/C(CCC(N)=O)C3(C)C)C(CCC(N)=O)C2(C)CC(N)=O. The number of nitrogens with zero attached hydrogens (tertiary/aromatic N) is 4. The molecule has 7 heterocycles. The summed E-state index contributed by atoms with van der Waals surface area (Å²) >= 11 is 0. The summed E-state index contributed by atoms with van der Waals surface area (Å²) in [7, 11) is -5.05. The zero-order valence-corrected chi connectivity index (χ0v) is 54.3. The van der Waals surface area contributed by atoms with Gasteiger partial charge in [-0.25, -0.2) is 4.57 Å². The van der Waals surface area contributed by atoms with Gasteiger partial charge in [-0.3, -0.25) is 62.6 Å². The van der Waals surface area contributed by atoms with Crippen LogP contribution in [0.2, 0.25) is 0 Å². The molecule has 7 aliphatic rings. The molecule has 8 bridgehead atoms. The van der Waals surface area contributed by atoms with E-state index in [4.69, 9.17) is 63.2 Å². The van der Waals surface area contributed by atoms with Gasteiger partial charge in [0, 0.05) is 137 Å². The average molecular weight is 1270 g/mol.